The number of nitrogens with one attached hydrogen (secondary N) is 1. The first-order valence-electron chi connectivity index (χ1n) is 9.85. The third-order valence-corrected chi connectivity index (χ3v) is 5.46. The highest BCUT2D eigenvalue weighted by Crippen LogP contribution is 2.17. The lowest BCUT2D eigenvalue weighted by Crippen LogP contribution is -2.28. The molecule has 0 aliphatic heterocycles. The molecule has 0 aliphatic rings. The molecule has 4 rings (SSSR count). The first kappa shape index (κ1) is 20.0. The van der Waals surface area contributed by atoms with Gasteiger partial charge in [0, 0.05) is 43.2 Å². The van der Waals surface area contributed by atoms with Crippen molar-refractivity contribution in [3.63, 3.8) is 0 Å². The van der Waals surface area contributed by atoms with Gasteiger partial charge in [0.2, 0.25) is 0 Å². The minimum atomic E-state index is -0.370. The fourth-order valence-electron chi connectivity index (χ4n) is 3.74. The lowest BCUT2D eigenvalue weighted by atomic mass is 10.1. The Morgan fingerprint density at radius 2 is 1.93 bits per heavy atom. The van der Waals surface area contributed by atoms with Crippen LogP contribution < -0.4 is 10.9 Å². The Bertz CT molecular complexity index is 1260. The molecule has 4 aromatic rings. The van der Waals surface area contributed by atoms with Gasteiger partial charge >= 0.3 is 0 Å². The number of nitrogens with zero attached hydrogens (tertiary/aromatic N) is 4. The fraction of sp³-hybridized carbons (Fsp3) is 0.261. The first-order chi connectivity index (χ1) is 14.4. The van der Waals surface area contributed by atoms with E-state index in [0.717, 1.165) is 28.0 Å². The molecule has 154 valence electrons. The zero-order valence-corrected chi connectivity index (χ0v) is 17.3. The van der Waals surface area contributed by atoms with Crippen molar-refractivity contribution in [1.29, 1.82) is 0 Å². The predicted octanol–water partition coefficient (Wildman–Crippen LogP) is 3.22. The molecule has 7 heteroatoms. The van der Waals surface area contributed by atoms with Crippen LogP contribution in [0, 0.1) is 19.7 Å². The van der Waals surface area contributed by atoms with E-state index in [1.165, 1.54) is 12.1 Å². The molecule has 0 amide bonds. The van der Waals surface area contributed by atoms with E-state index in [1.54, 1.807) is 16.8 Å². The number of aromatic nitrogens is 4. The van der Waals surface area contributed by atoms with Crippen LogP contribution in [0.2, 0.25) is 0 Å². The first-order valence-corrected chi connectivity index (χ1v) is 9.85. The van der Waals surface area contributed by atoms with Crippen LogP contribution in [0.15, 0.2) is 53.5 Å². The molecule has 0 spiro atoms. The quantitative estimate of drug-likeness (QED) is 0.535. The van der Waals surface area contributed by atoms with Crippen molar-refractivity contribution in [1.82, 2.24) is 24.6 Å². The van der Waals surface area contributed by atoms with Crippen LogP contribution in [-0.4, -0.2) is 19.3 Å². The Hall–Kier alpha value is -3.32. The SMILES string of the molecule is Cc1nn(C)c(C)c1CNCc1cc2ccc(F)cc2n(Cc2ccccn2)c1=O. The second kappa shape index (κ2) is 8.20. The summed E-state index contributed by atoms with van der Waals surface area (Å²) >= 11 is 0. The highest BCUT2D eigenvalue weighted by Gasteiger charge is 2.13. The van der Waals surface area contributed by atoms with E-state index in [-0.39, 0.29) is 17.9 Å². The minimum Gasteiger partial charge on any atom is -0.308 e. The van der Waals surface area contributed by atoms with E-state index in [0.29, 0.717) is 24.2 Å². The second-order valence-electron chi connectivity index (χ2n) is 7.46. The molecule has 0 fully saturated rings. The van der Waals surface area contributed by atoms with E-state index in [4.69, 9.17) is 0 Å². The highest BCUT2D eigenvalue weighted by atomic mass is 19.1. The Labute approximate surface area is 174 Å². The van der Waals surface area contributed by atoms with E-state index in [1.807, 2.05) is 49.8 Å². The molecule has 0 aliphatic carbocycles. The van der Waals surface area contributed by atoms with Gasteiger partial charge < -0.3 is 9.88 Å². The summed E-state index contributed by atoms with van der Waals surface area (Å²) in [4.78, 5) is 17.6. The van der Waals surface area contributed by atoms with Gasteiger partial charge in [-0.15, -0.1) is 0 Å². The van der Waals surface area contributed by atoms with Crippen molar-refractivity contribution in [2.75, 3.05) is 0 Å². The summed E-state index contributed by atoms with van der Waals surface area (Å²) in [5, 5.41) is 8.61. The predicted molar refractivity (Wildman–Crippen MR) is 115 cm³/mol. The fourth-order valence-corrected chi connectivity index (χ4v) is 3.74. The maximum absolute atomic E-state index is 13.9. The molecule has 1 N–H and O–H groups in total. The van der Waals surface area contributed by atoms with Crippen LogP contribution >= 0.6 is 0 Å². The maximum atomic E-state index is 13.9. The zero-order valence-electron chi connectivity index (χ0n) is 17.3. The number of halogens is 1. The molecule has 3 heterocycles. The number of fused-ring (bicyclic) bond motifs is 1. The van der Waals surface area contributed by atoms with E-state index < -0.39 is 0 Å². The number of hydrogen-bond donors (Lipinski definition) is 1. The van der Waals surface area contributed by atoms with E-state index in [2.05, 4.69) is 15.4 Å². The minimum absolute atomic E-state index is 0.147. The molecular weight excluding hydrogens is 381 g/mol. The molecular formula is C23H24FN5O. The average molecular weight is 405 g/mol. The van der Waals surface area contributed by atoms with Gasteiger partial charge in [0.05, 0.1) is 23.4 Å². The molecule has 3 aromatic heterocycles. The van der Waals surface area contributed by atoms with Gasteiger partial charge in [-0.25, -0.2) is 4.39 Å². The maximum Gasteiger partial charge on any atom is 0.255 e. The molecule has 0 radical (unpaired) electrons. The molecule has 6 nitrogen and oxygen atoms in total. The molecule has 0 bridgehead atoms. The van der Waals surface area contributed by atoms with Crippen molar-refractivity contribution in [3.8, 4) is 0 Å². The average Bonchev–Trinajstić information content (AvgIpc) is 2.98. The smallest absolute Gasteiger partial charge is 0.255 e. The van der Waals surface area contributed by atoms with Crippen LogP contribution in [0.3, 0.4) is 0 Å². The van der Waals surface area contributed by atoms with Crippen LogP contribution in [0.4, 0.5) is 4.39 Å². The van der Waals surface area contributed by atoms with Gasteiger partial charge in [-0.3, -0.25) is 14.5 Å². The van der Waals surface area contributed by atoms with Crippen LogP contribution in [0.5, 0.6) is 0 Å². The Balaban J connectivity index is 1.67. The highest BCUT2D eigenvalue weighted by molar-refractivity contribution is 5.79. The third kappa shape index (κ3) is 3.89. The largest absolute Gasteiger partial charge is 0.308 e. The van der Waals surface area contributed by atoms with E-state index >= 15 is 0 Å². The Kier molecular flexibility index (Phi) is 5.46. The second-order valence-corrected chi connectivity index (χ2v) is 7.46. The third-order valence-electron chi connectivity index (χ3n) is 5.46. The van der Waals surface area contributed by atoms with Gasteiger partial charge in [-0.05, 0) is 55.6 Å². The number of hydrogen-bond acceptors (Lipinski definition) is 4. The van der Waals surface area contributed by atoms with Gasteiger partial charge in [-0.2, -0.15) is 5.10 Å². The van der Waals surface area contributed by atoms with Crippen LogP contribution in [-0.2, 0) is 26.7 Å². The summed E-state index contributed by atoms with van der Waals surface area (Å²) in [6.45, 7) is 5.32. The summed E-state index contributed by atoms with van der Waals surface area (Å²) in [5.41, 5.74) is 5.00. The standard InChI is InChI=1S/C23H24FN5O/c1-15-21(16(2)28(3)27-15)13-25-12-18-10-17-7-8-19(24)11-22(17)29(23(18)30)14-20-6-4-5-9-26-20/h4-11,25H,12-14H2,1-3H3. The summed E-state index contributed by atoms with van der Waals surface area (Å²) in [6.07, 6.45) is 1.69. The van der Waals surface area contributed by atoms with Crippen molar-refractivity contribution >= 4 is 10.9 Å². The number of rotatable bonds is 6. The monoisotopic (exact) mass is 405 g/mol. The van der Waals surface area contributed by atoms with Crippen molar-refractivity contribution in [2.45, 2.75) is 33.5 Å². The van der Waals surface area contributed by atoms with Gasteiger partial charge in [-0.1, -0.05) is 6.07 Å². The summed E-state index contributed by atoms with van der Waals surface area (Å²) < 4.78 is 17.4. The number of benzene rings is 1. The van der Waals surface area contributed by atoms with Crippen LogP contribution in [0.1, 0.15) is 28.2 Å². The topological polar surface area (TPSA) is 64.7 Å². The molecule has 0 saturated carbocycles. The van der Waals surface area contributed by atoms with Gasteiger partial charge in [0.25, 0.3) is 5.56 Å². The molecule has 0 saturated heterocycles. The molecule has 1 aromatic carbocycles. The van der Waals surface area contributed by atoms with Gasteiger partial charge in [0.15, 0.2) is 0 Å². The normalized spacial score (nSPS) is 11.3. The summed E-state index contributed by atoms with van der Waals surface area (Å²) in [6, 6.07) is 11.9. The lowest BCUT2D eigenvalue weighted by molar-refractivity contribution is 0.626. The van der Waals surface area contributed by atoms with Crippen molar-refractivity contribution in [2.24, 2.45) is 7.05 Å². The molecule has 30 heavy (non-hydrogen) atoms. The molecule has 0 atom stereocenters. The van der Waals surface area contributed by atoms with Crippen molar-refractivity contribution in [3.05, 3.63) is 93.0 Å². The Morgan fingerprint density at radius 1 is 1.10 bits per heavy atom. The van der Waals surface area contributed by atoms with Crippen molar-refractivity contribution < 1.29 is 4.39 Å². The number of pyridine rings is 2. The lowest BCUT2D eigenvalue weighted by Gasteiger charge is -2.14. The summed E-state index contributed by atoms with van der Waals surface area (Å²) in [7, 11) is 1.92. The van der Waals surface area contributed by atoms with E-state index in [9.17, 15) is 9.18 Å². The zero-order chi connectivity index (χ0) is 21.3. The Morgan fingerprint density at radius 3 is 2.63 bits per heavy atom. The molecule has 0 unspecified atom stereocenters. The summed E-state index contributed by atoms with van der Waals surface area (Å²) in [5.74, 6) is -0.370. The number of aryl methyl sites for hydroxylation is 2. The van der Waals surface area contributed by atoms with Crippen LogP contribution in [0.25, 0.3) is 10.9 Å². The van der Waals surface area contributed by atoms with Gasteiger partial charge in [0.1, 0.15) is 5.82 Å².